The number of carbonyl (C=O) groups excluding carboxylic acids is 1. The Balaban J connectivity index is 1.96. The lowest BCUT2D eigenvalue weighted by Gasteiger charge is -2.17. The van der Waals surface area contributed by atoms with Crippen LogP contribution in [0.2, 0.25) is 0 Å². The predicted molar refractivity (Wildman–Crippen MR) is 92.4 cm³/mol. The minimum absolute atomic E-state index is 0.228. The molecule has 1 heterocycles. The van der Waals surface area contributed by atoms with Crippen LogP contribution in [0.4, 0.5) is 0 Å². The van der Waals surface area contributed by atoms with Crippen molar-refractivity contribution in [2.45, 2.75) is 0 Å². The van der Waals surface area contributed by atoms with E-state index in [2.05, 4.69) is 10.1 Å². The number of pyridine rings is 1. The lowest BCUT2D eigenvalue weighted by molar-refractivity contribution is 0.0731. The first kappa shape index (κ1) is 15.4. The second-order valence-electron chi connectivity index (χ2n) is 5.01. The number of carbonyl (C=O) groups is 1. The Kier molecular flexibility index (Phi) is 4.62. The van der Waals surface area contributed by atoms with Crippen molar-refractivity contribution in [3.63, 3.8) is 0 Å². The number of hydrazone groups is 1. The van der Waals surface area contributed by atoms with E-state index in [-0.39, 0.29) is 5.88 Å². The number of nitrogens with zero attached hydrogens (tertiary/aromatic N) is 3. The van der Waals surface area contributed by atoms with Crippen LogP contribution < -0.4 is 0 Å². The third kappa shape index (κ3) is 3.47. The fourth-order valence-electron chi connectivity index (χ4n) is 2.13. The maximum Gasteiger partial charge on any atom is 0.281 e. The Morgan fingerprint density at radius 1 is 1.04 bits per heavy atom. The summed E-state index contributed by atoms with van der Waals surface area (Å²) in [7, 11) is 0. The second kappa shape index (κ2) is 7.19. The number of amides is 1. The molecule has 0 radical (unpaired) electrons. The maximum absolute atomic E-state index is 12.7. The summed E-state index contributed by atoms with van der Waals surface area (Å²) in [4.78, 5) is 16.6. The van der Waals surface area contributed by atoms with E-state index < -0.39 is 5.91 Å². The van der Waals surface area contributed by atoms with Gasteiger partial charge >= 0.3 is 0 Å². The molecule has 0 saturated carbocycles. The summed E-state index contributed by atoms with van der Waals surface area (Å²) in [5.41, 5.74) is 1.72. The molecule has 1 aromatic heterocycles. The molecule has 1 amide bonds. The van der Waals surface area contributed by atoms with Gasteiger partial charge in [0.1, 0.15) is 0 Å². The highest BCUT2D eigenvalue weighted by molar-refractivity contribution is 5.95. The van der Waals surface area contributed by atoms with Gasteiger partial charge < -0.3 is 5.11 Å². The van der Waals surface area contributed by atoms with E-state index in [4.69, 9.17) is 0 Å². The number of hydrogen-bond donors (Lipinski definition) is 1. The number of allylic oxidation sites excluding steroid dienone is 5. The van der Waals surface area contributed by atoms with Crippen LogP contribution >= 0.6 is 0 Å². The molecule has 0 fully saturated rings. The summed E-state index contributed by atoms with van der Waals surface area (Å²) in [5, 5.41) is 15.6. The van der Waals surface area contributed by atoms with E-state index in [1.807, 2.05) is 30.3 Å². The average molecular weight is 317 g/mol. The number of aliphatic hydroxyl groups is 1. The van der Waals surface area contributed by atoms with Crippen molar-refractivity contribution in [3.05, 3.63) is 102 Å². The molecular formula is C19H15N3O2. The third-order valence-electron chi connectivity index (χ3n) is 3.36. The molecule has 0 saturated heterocycles. The van der Waals surface area contributed by atoms with Crippen molar-refractivity contribution in [2.24, 2.45) is 5.10 Å². The van der Waals surface area contributed by atoms with Crippen molar-refractivity contribution in [1.29, 1.82) is 0 Å². The Bertz CT molecular complexity index is 823. The zero-order valence-corrected chi connectivity index (χ0v) is 12.8. The molecule has 3 rings (SSSR count). The molecule has 1 aliphatic carbocycles. The van der Waals surface area contributed by atoms with Crippen molar-refractivity contribution < 1.29 is 9.90 Å². The highest BCUT2D eigenvalue weighted by Crippen LogP contribution is 2.18. The van der Waals surface area contributed by atoms with Gasteiger partial charge in [0, 0.05) is 23.5 Å². The Morgan fingerprint density at radius 2 is 1.71 bits per heavy atom. The minimum Gasteiger partial charge on any atom is -0.493 e. The standard InChI is InChI=1S/C19H15N3O2/c23-18(16-8-4-5-9-16)22(19(24)17-10-12-20-13-11-17)21-14-15-6-2-1-3-7-15/h1-14,23H. The van der Waals surface area contributed by atoms with Crippen LogP contribution in [0.15, 0.2) is 95.7 Å². The zero-order chi connectivity index (χ0) is 16.8. The van der Waals surface area contributed by atoms with Crippen LogP contribution in [0.25, 0.3) is 0 Å². The highest BCUT2D eigenvalue weighted by atomic mass is 16.3. The van der Waals surface area contributed by atoms with E-state index in [1.54, 1.807) is 36.4 Å². The second-order valence-corrected chi connectivity index (χ2v) is 5.01. The Labute approximate surface area is 139 Å². The quantitative estimate of drug-likeness (QED) is 0.533. The van der Waals surface area contributed by atoms with E-state index in [0.29, 0.717) is 11.1 Å². The van der Waals surface area contributed by atoms with Crippen LogP contribution in [0.1, 0.15) is 15.9 Å². The number of hydrogen-bond acceptors (Lipinski definition) is 4. The van der Waals surface area contributed by atoms with Gasteiger partial charge in [-0.2, -0.15) is 10.1 Å². The summed E-state index contributed by atoms with van der Waals surface area (Å²) in [6.45, 7) is 0. The van der Waals surface area contributed by atoms with Crippen LogP contribution in [-0.4, -0.2) is 27.2 Å². The zero-order valence-electron chi connectivity index (χ0n) is 12.8. The molecule has 5 heteroatoms. The maximum atomic E-state index is 12.7. The molecule has 0 unspecified atom stereocenters. The van der Waals surface area contributed by atoms with Crippen molar-refractivity contribution in [3.8, 4) is 0 Å². The first-order valence-electron chi connectivity index (χ1n) is 7.37. The molecule has 1 N–H and O–H groups in total. The Morgan fingerprint density at radius 3 is 2.38 bits per heavy atom. The van der Waals surface area contributed by atoms with E-state index in [0.717, 1.165) is 10.6 Å². The molecule has 118 valence electrons. The molecule has 0 bridgehead atoms. The first-order valence-corrected chi connectivity index (χ1v) is 7.37. The van der Waals surface area contributed by atoms with Gasteiger partial charge in [0.15, 0.2) is 0 Å². The van der Waals surface area contributed by atoms with Gasteiger partial charge in [0.05, 0.1) is 6.21 Å². The van der Waals surface area contributed by atoms with Gasteiger partial charge in [0.25, 0.3) is 5.91 Å². The SMILES string of the molecule is O=C(c1ccncc1)N(N=Cc1ccccc1)C(O)=C1C=CC=C1. The normalized spacial score (nSPS) is 12.8. The lowest BCUT2D eigenvalue weighted by Crippen LogP contribution is -2.26. The molecule has 1 aliphatic rings. The summed E-state index contributed by atoms with van der Waals surface area (Å²) < 4.78 is 0. The molecule has 24 heavy (non-hydrogen) atoms. The van der Waals surface area contributed by atoms with Gasteiger partial charge in [-0.1, -0.05) is 42.5 Å². The number of benzene rings is 1. The van der Waals surface area contributed by atoms with Crippen LogP contribution in [0.3, 0.4) is 0 Å². The first-order chi connectivity index (χ1) is 11.8. The van der Waals surface area contributed by atoms with Crippen molar-refractivity contribution >= 4 is 12.1 Å². The van der Waals surface area contributed by atoms with E-state index in [9.17, 15) is 9.90 Å². The molecule has 1 aromatic carbocycles. The largest absolute Gasteiger partial charge is 0.493 e. The fraction of sp³-hybridized carbons (Fsp3) is 0. The summed E-state index contributed by atoms with van der Waals surface area (Å²) in [6.07, 6.45) is 11.5. The Hall–Kier alpha value is -3.47. The lowest BCUT2D eigenvalue weighted by atomic mass is 10.2. The van der Waals surface area contributed by atoms with Crippen LogP contribution in [0, 0.1) is 0 Å². The number of rotatable bonds is 4. The van der Waals surface area contributed by atoms with Crippen LogP contribution in [0.5, 0.6) is 0 Å². The monoisotopic (exact) mass is 317 g/mol. The average Bonchev–Trinajstić information content (AvgIpc) is 3.18. The predicted octanol–water partition coefficient (Wildman–Crippen LogP) is 3.45. The van der Waals surface area contributed by atoms with Crippen molar-refractivity contribution in [2.75, 3.05) is 0 Å². The molecular weight excluding hydrogens is 302 g/mol. The molecule has 0 spiro atoms. The van der Waals surface area contributed by atoms with E-state index in [1.165, 1.54) is 18.6 Å². The van der Waals surface area contributed by atoms with Gasteiger partial charge in [0.2, 0.25) is 5.88 Å². The number of aliphatic hydroxyl groups excluding tert-OH is 1. The number of aromatic nitrogens is 1. The van der Waals surface area contributed by atoms with Gasteiger partial charge in [-0.3, -0.25) is 9.78 Å². The summed E-state index contributed by atoms with van der Waals surface area (Å²) in [6, 6.07) is 12.5. The summed E-state index contributed by atoms with van der Waals surface area (Å²) in [5.74, 6) is -0.669. The van der Waals surface area contributed by atoms with E-state index >= 15 is 0 Å². The molecule has 2 aromatic rings. The highest BCUT2D eigenvalue weighted by Gasteiger charge is 2.21. The van der Waals surface area contributed by atoms with Gasteiger partial charge in [-0.25, -0.2) is 0 Å². The fourth-order valence-corrected chi connectivity index (χ4v) is 2.13. The summed E-state index contributed by atoms with van der Waals surface area (Å²) >= 11 is 0. The molecule has 5 nitrogen and oxygen atoms in total. The molecule has 0 aliphatic heterocycles. The van der Waals surface area contributed by atoms with Gasteiger partial charge in [-0.15, -0.1) is 0 Å². The third-order valence-corrected chi connectivity index (χ3v) is 3.36. The minimum atomic E-state index is -0.441. The van der Waals surface area contributed by atoms with Crippen LogP contribution in [-0.2, 0) is 0 Å². The van der Waals surface area contributed by atoms with Crippen molar-refractivity contribution in [1.82, 2.24) is 9.99 Å². The smallest absolute Gasteiger partial charge is 0.281 e. The molecule has 0 atom stereocenters. The van der Waals surface area contributed by atoms with Gasteiger partial charge in [-0.05, 0) is 29.8 Å². The topological polar surface area (TPSA) is 65.8 Å².